The lowest BCUT2D eigenvalue weighted by Gasteiger charge is -2.21. The van der Waals surface area contributed by atoms with Gasteiger partial charge in [0, 0.05) is 44.0 Å². The molecule has 4 rings (SSSR count). The van der Waals surface area contributed by atoms with E-state index in [0.717, 1.165) is 32.8 Å². The standard InChI is InChI=1S/C33H60S4/c1(9-20-30-24-34-30)5-14-28(15-6-2-10-21-31-25-35-31)18-13-19-29(16-7-3-11-22-32-26-36-32)17-8-4-12-23-33-27-37-33/h28-33H,1-27H2. The minimum atomic E-state index is 1.04. The Bertz CT molecular complexity index is 461. The molecule has 0 bridgehead atoms. The van der Waals surface area contributed by atoms with Crippen LogP contribution in [0.15, 0.2) is 0 Å². The first-order valence-electron chi connectivity index (χ1n) is 16.8. The van der Waals surface area contributed by atoms with Crippen LogP contribution < -0.4 is 0 Å². The third kappa shape index (κ3) is 17.7. The third-order valence-electron chi connectivity index (χ3n) is 9.39. The molecule has 0 amide bonds. The normalized spacial score (nSPS) is 27.2. The Morgan fingerprint density at radius 1 is 0.324 bits per heavy atom. The highest BCUT2D eigenvalue weighted by Crippen LogP contribution is 2.37. The maximum Gasteiger partial charge on any atom is 0.0138 e. The molecular formula is C33H60S4. The number of rotatable bonds is 28. The first kappa shape index (κ1) is 31.3. The van der Waals surface area contributed by atoms with Crippen LogP contribution in [0.5, 0.6) is 0 Å². The van der Waals surface area contributed by atoms with Gasteiger partial charge in [0.05, 0.1) is 0 Å². The zero-order valence-electron chi connectivity index (χ0n) is 24.2. The molecule has 4 aliphatic rings. The van der Waals surface area contributed by atoms with Gasteiger partial charge in [0.15, 0.2) is 0 Å². The van der Waals surface area contributed by atoms with Crippen molar-refractivity contribution >= 4 is 47.0 Å². The lowest BCUT2D eigenvalue weighted by atomic mass is 9.85. The summed E-state index contributed by atoms with van der Waals surface area (Å²) in [7, 11) is 0. The molecule has 216 valence electrons. The van der Waals surface area contributed by atoms with E-state index >= 15 is 0 Å². The molecule has 4 fully saturated rings. The van der Waals surface area contributed by atoms with Crippen LogP contribution >= 0.6 is 47.0 Å². The molecule has 4 aliphatic heterocycles. The van der Waals surface area contributed by atoms with Crippen LogP contribution in [-0.4, -0.2) is 44.0 Å². The summed E-state index contributed by atoms with van der Waals surface area (Å²) in [5.74, 6) is 7.92. The van der Waals surface area contributed by atoms with Gasteiger partial charge in [-0.1, -0.05) is 122 Å². The Morgan fingerprint density at radius 3 is 0.811 bits per heavy atom. The second-order valence-electron chi connectivity index (χ2n) is 13.0. The van der Waals surface area contributed by atoms with Crippen molar-refractivity contribution in [3.63, 3.8) is 0 Å². The highest BCUT2D eigenvalue weighted by Gasteiger charge is 2.23. The molecule has 0 saturated carbocycles. The second-order valence-corrected chi connectivity index (χ2v) is 18.4. The zero-order valence-corrected chi connectivity index (χ0v) is 27.5. The molecule has 0 aromatic rings. The molecule has 0 N–H and O–H groups in total. The smallest absolute Gasteiger partial charge is 0.0138 e. The minimum Gasteiger partial charge on any atom is -0.157 e. The van der Waals surface area contributed by atoms with E-state index < -0.39 is 0 Å². The lowest BCUT2D eigenvalue weighted by Crippen LogP contribution is -2.06. The minimum absolute atomic E-state index is 1.04. The van der Waals surface area contributed by atoms with Gasteiger partial charge >= 0.3 is 0 Å². The van der Waals surface area contributed by atoms with E-state index in [0.29, 0.717) is 0 Å². The highest BCUT2D eigenvalue weighted by atomic mass is 32.2. The molecule has 4 heteroatoms. The average molecular weight is 585 g/mol. The summed E-state index contributed by atoms with van der Waals surface area (Å²) >= 11 is 8.76. The largest absolute Gasteiger partial charge is 0.157 e. The van der Waals surface area contributed by atoms with Crippen LogP contribution in [0.1, 0.15) is 148 Å². The van der Waals surface area contributed by atoms with Gasteiger partial charge in [-0.25, -0.2) is 0 Å². The van der Waals surface area contributed by atoms with Crippen molar-refractivity contribution in [2.45, 2.75) is 169 Å². The van der Waals surface area contributed by atoms with Crippen molar-refractivity contribution in [2.24, 2.45) is 11.8 Å². The molecule has 0 aromatic carbocycles. The molecule has 0 aromatic heterocycles. The van der Waals surface area contributed by atoms with Gasteiger partial charge < -0.3 is 0 Å². The van der Waals surface area contributed by atoms with Crippen molar-refractivity contribution in [3.8, 4) is 0 Å². The maximum absolute atomic E-state index is 2.19. The fourth-order valence-electron chi connectivity index (χ4n) is 6.43. The quantitative estimate of drug-likeness (QED) is 0.0662. The molecule has 37 heavy (non-hydrogen) atoms. The van der Waals surface area contributed by atoms with Crippen molar-refractivity contribution in [3.05, 3.63) is 0 Å². The molecule has 4 heterocycles. The molecule has 0 aliphatic carbocycles. The van der Waals surface area contributed by atoms with Gasteiger partial charge in [0.1, 0.15) is 0 Å². The van der Waals surface area contributed by atoms with Crippen LogP contribution in [0.3, 0.4) is 0 Å². The molecule has 4 atom stereocenters. The first-order valence-corrected chi connectivity index (χ1v) is 21.0. The van der Waals surface area contributed by atoms with E-state index in [2.05, 4.69) is 47.0 Å². The number of unbranched alkanes of at least 4 members (excludes halogenated alkanes) is 8. The zero-order chi connectivity index (χ0) is 25.4. The summed E-state index contributed by atoms with van der Waals surface area (Å²) < 4.78 is 0. The average Bonchev–Trinajstić information content (AvgIpc) is 3.70. The lowest BCUT2D eigenvalue weighted by molar-refractivity contribution is 0.327. The van der Waals surface area contributed by atoms with Gasteiger partial charge in [0.25, 0.3) is 0 Å². The fourth-order valence-corrected chi connectivity index (χ4v) is 8.97. The number of thioether (sulfide) groups is 4. The molecule has 0 nitrogen and oxygen atoms in total. The summed E-state index contributed by atoms with van der Waals surface area (Å²) in [5, 5.41) is 4.21. The van der Waals surface area contributed by atoms with Crippen molar-refractivity contribution in [1.82, 2.24) is 0 Å². The second kappa shape index (κ2) is 19.5. The van der Waals surface area contributed by atoms with E-state index in [1.165, 1.54) is 132 Å². The summed E-state index contributed by atoms with van der Waals surface area (Å²) in [6.07, 6.45) is 34.9. The van der Waals surface area contributed by atoms with Crippen molar-refractivity contribution < 1.29 is 0 Å². The third-order valence-corrected chi connectivity index (χ3v) is 13.5. The Morgan fingerprint density at radius 2 is 0.568 bits per heavy atom. The molecule has 4 unspecified atom stereocenters. The molecule has 4 saturated heterocycles. The van der Waals surface area contributed by atoms with Gasteiger partial charge in [0.2, 0.25) is 0 Å². The summed E-state index contributed by atoms with van der Waals surface area (Å²) in [6, 6.07) is 0. The van der Waals surface area contributed by atoms with Gasteiger partial charge in [-0.2, -0.15) is 47.0 Å². The van der Waals surface area contributed by atoms with Crippen LogP contribution in [0.25, 0.3) is 0 Å². The van der Waals surface area contributed by atoms with E-state index in [1.54, 1.807) is 38.5 Å². The van der Waals surface area contributed by atoms with Crippen molar-refractivity contribution in [2.75, 3.05) is 23.0 Å². The van der Waals surface area contributed by atoms with E-state index in [4.69, 9.17) is 0 Å². The van der Waals surface area contributed by atoms with Gasteiger partial charge in [-0.05, 0) is 37.5 Å². The summed E-state index contributed by atoms with van der Waals surface area (Å²) in [5.41, 5.74) is 0. The Kier molecular flexibility index (Phi) is 16.5. The number of hydrogen-bond donors (Lipinski definition) is 0. The Labute approximate surface area is 249 Å². The topological polar surface area (TPSA) is 0 Å². The fraction of sp³-hybridized carbons (Fsp3) is 1.00. The number of hydrogen-bond acceptors (Lipinski definition) is 4. The first-order chi connectivity index (χ1) is 18.3. The summed E-state index contributed by atoms with van der Waals surface area (Å²) in [6.45, 7) is 0. The highest BCUT2D eigenvalue weighted by molar-refractivity contribution is 8.07. The molecule has 0 radical (unpaired) electrons. The van der Waals surface area contributed by atoms with Gasteiger partial charge in [-0.15, -0.1) is 0 Å². The summed E-state index contributed by atoms with van der Waals surface area (Å²) in [4.78, 5) is 0. The predicted molar refractivity (Wildman–Crippen MR) is 178 cm³/mol. The molecular weight excluding hydrogens is 525 g/mol. The predicted octanol–water partition coefficient (Wildman–Crippen LogP) is 11.7. The van der Waals surface area contributed by atoms with E-state index in [9.17, 15) is 0 Å². The van der Waals surface area contributed by atoms with Crippen LogP contribution in [0, 0.1) is 11.8 Å². The van der Waals surface area contributed by atoms with Crippen LogP contribution in [0.4, 0.5) is 0 Å². The van der Waals surface area contributed by atoms with Crippen LogP contribution in [0.2, 0.25) is 0 Å². The molecule has 0 spiro atoms. The monoisotopic (exact) mass is 584 g/mol. The Hall–Kier alpha value is 1.40. The van der Waals surface area contributed by atoms with E-state index in [1.807, 2.05) is 0 Å². The SMILES string of the molecule is C(CCC(CCCCCC1CS1)CCCC(CCCCCC1CS1)CCCCCC1CS1)CCC1CS1. The van der Waals surface area contributed by atoms with Gasteiger partial charge in [-0.3, -0.25) is 0 Å². The Balaban J connectivity index is 1.08. The van der Waals surface area contributed by atoms with E-state index in [-0.39, 0.29) is 0 Å². The maximum atomic E-state index is 2.19. The van der Waals surface area contributed by atoms with Crippen LogP contribution in [-0.2, 0) is 0 Å². The van der Waals surface area contributed by atoms with Crippen molar-refractivity contribution in [1.29, 1.82) is 0 Å².